The quantitative estimate of drug-likeness (QED) is 0.459. The summed E-state index contributed by atoms with van der Waals surface area (Å²) in [5.74, 6) is -0.829. The smallest absolute Gasteiger partial charge is 0.240 e. The van der Waals surface area contributed by atoms with E-state index in [1.165, 1.54) is 54.7 Å². The van der Waals surface area contributed by atoms with Crippen LogP contribution in [0, 0.1) is 12.7 Å². The van der Waals surface area contributed by atoms with E-state index < -0.39 is 10.0 Å². The predicted molar refractivity (Wildman–Crippen MR) is 121 cm³/mol. The molecule has 0 spiro atoms. The van der Waals surface area contributed by atoms with Crippen molar-refractivity contribution >= 4 is 38.2 Å². The molecule has 0 unspecified atom stereocenters. The van der Waals surface area contributed by atoms with Gasteiger partial charge < -0.3 is 5.32 Å². The lowest BCUT2D eigenvalue weighted by Crippen LogP contribution is -2.27. The minimum atomic E-state index is -3.79. The average Bonchev–Trinajstić information content (AvgIpc) is 3.08. The molecule has 0 bridgehead atoms. The lowest BCUT2D eigenvalue weighted by molar-refractivity contribution is -0.116. The molecule has 1 aromatic heterocycles. The highest BCUT2D eigenvalue weighted by Gasteiger charge is 2.16. The number of thiazole rings is 1. The van der Waals surface area contributed by atoms with Gasteiger partial charge in [0.1, 0.15) is 5.82 Å². The summed E-state index contributed by atoms with van der Waals surface area (Å²) in [5, 5.41) is 3.10. The van der Waals surface area contributed by atoms with Gasteiger partial charge in [-0.25, -0.2) is 22.5 Å². The largest absolute Gasteiger partial charge is 0.302 e. The number of carbonyl (C=O) groups is 2. The number of hydrogen-bond donors (Lipinski definition) is 2. The van der Waals surface area contributed by atoms with Crippen molar-refractivity contribution in [3.63, 3.8) is 0 Å². The lowest BCUT2D eigenvalue weighted by Gasteiger charge is -2.07. The van der Waals surface area contributed by atoms with Crippen LogP contribution < -0.4 is 10.0 Å². The van der Waals surface area contributed by atoms with Crippen LogP contribution in [0.4, 0.5) is 9.52 Å². The van der Waals surface area contributed by atoms with Crippen molar-refractivity contribution in [2.45, 2.75) is 31.6 Å². The molecule has 7 nitrogen and oxygen atoms in total. The fourth-order valence-corrected chi connectivity index (χ4v) is 4.91. The first-order chi connectivity index (χ1) is 15.1. The molecule has 168 valence electrons. The molecule has 3 aromatic rings. The third-order valence-electron chi connectivity index (χ3n) is 4.63. The van der Waals surface area contributed by atoms with Gasteiger partial charge >= 0.3 is 0 Å². The predicted octanol–water partition coefficient (Wildman–Crippen LogP) is 3.69. The first-order valence-electron chi connectivity index (χ1n) is 9.75. The number of amides is 1. The highest BCUT2D eigenvalue weighted by atomic mass is 32.2. The van der Waals surface area contributed by atoms with Gasteiger partial charge in [-0.3, -0.25) is 9.59 Å². The Hall–Kier alpha value is -2.95. The lowest BCUT2D eigenvalue weighted by atomic mass is 10.1. The second-order valence-electron chi connectivity index (χ2n) is 7.11. The van der Waals surface area contributed by atoms with Crippen LogP contribution in [-0.4, -0.2) is 31.6 Å². The van der Waals surface area contributed by atoms with Crippen LogP contribution in [0.1, 0.15) is 39.8 Å². The van der Waals surface area contributed by atoms with Gasteiger partial charge in [0.2, 0.25) is 15.9 Å². The summed E-state index contributed by atoms with van der Waals surface area (Å²) in [4.78, 5) is 28.8. The molecule has 0 radical (unpaired) electrons. The van der Waals surface area contributed by atoms with E-state index >= 15 is 0 Å². The zero-order valence-electron chi connectivity index (χ0n) is 17.5. The van der Waals surface area contributed by atoms with Crippen LogP contribution in [0.2, 0.25) is 0 Å². The number of Topliss-reactive ketones (excluding diaryl/α,β-unsaturated/α-hetero) is 1. The summed E-state index contributed by atoms with van der Waals surface area (Å²) in [5.41, 5.74) is 2.12. The third kappa shape index (κ3) is 6.28. The van der Waals surface area contributed by atoms with Crippen molar-refractivity contribution < 1.29 is 22.4 Å². The first kappa shape index (κ1) is 23.7. The summed E-state index contributed by atoms with van der Waals surface area (Å²) in [7, 11) is -3.79. The number of aromatic nitrogens is 1. The molecule has 1 amide bonds. The topological polar surface area (TPSA) is 105 Å². The molecule has 0 saturated carbocycles. The van der Waals surface area contributed by atoms with Gasteiger partial charge in [0.15, 0.2) is 10.9 Å². The van der Waals surface area contributed by atoms with Crippen LogP contribution in [0.15, 0.2) is 53.4 Å². The molecule has 32 heavy (non-hydrogen) atoms. The fraction of sp³-hybridized carbons (Fsp3) is 0.227. The molecule has 1 heterocycles. The van der Waals surface area contributed by atoms with Crippen LogP contribution in [-0.2, 0) is 21.2 Å². The molecule has 2 aromatic carbocycles. The number of halogens is 1. The Bertz CT molecular complexity index is 1220. The fourth-order valence-electron chi connectivity index (χ4n) is 2.87. The molecular weight excluding hydrogens is 453 g/mol. The SMILES string of the molecule is CC(=O)c1ccc(S(=O)(=O)NCCC(=O)Nc2nc(C)c(Cc3ccc(F)cc3)s2)cc1. The molecule has 0 saturated heterocycles. The number of nitrogens with one attached hydrogen (secondary N) is 2. The van der Waals surface area contributed by atoms with Crippen molar-refractivity contribution in [2.75, 3.05) is 11.9 Å². The number of aryl methyl sites for hydroxylation is 1. The normalized spacial score (nSPS) is 11.3. The summed E-state index contributed by atoms with van der Waals surface area (Å²) in [6.07, 6.45) is 0.499. The van der Waals surface area contributed by atoms with E-state index in [1.54, 1.807) is 12.1 Å². The number of carbonyl (C=O) groups excluding carboxylic acids is 2. The Kier molecular flexibility index (Phi) is 7.49. The number of benzene rings is 2. The molecule has 2 N–H and O–H groups in total. The van der Waals surface area contributed by atoms with E-state index in [1.807, 2.05) is 6.92 Å². The van der Waals surface area contributed by atoms with E-state index in [4.69, 9.17) is 0 Å². The van der Waals surface area contributed by atoms with Crippen LogP contribution in [0.3, 0.4) is 0 Å². The van der Waals surface area contributed by atoms with E-state index in [-0.39, 0.29) is 35.4 Å². The Labute approximate surface area is 189 Å². The Balaban J connectivity index is 1.52. The standard InChI is InChI=1S/C22H22FN3O4S2/c1-14-20(13-16-3-7-18(23)8-4-16)31-22(25-14)26-21(28)11-12-24-32(29,30)19-9-5-17(6-10-19)15(2)27/h3-10,24H,11-13H2,1-2H3,(H,25,26,28). The Morgan fingerprint density at radius 3 is 2.34 bits per heavy atom. The second kappa shape index (κ2) is 10.1. The molecular formula is C22H22FN3O4S2. The Morgan fingerprint density at radius 2 is 1.72 bits per heavy atom. The third-order valence-corrected chi connectivity index (χ3v) is 7.18. The molecule has 0 aliphatic carbocycles. The zero-order valence-corrected chi connectivity index (χ0v) is 19.1. The van der Waals surface area contributed by atoms with Gasteiger partial charge in [-0.2, -0.15) is 0 Å². The monoisotopic (exact) mass is 475 g/mol. The van der Waals surface area contributed by atoms with Crippen molar-refractivity contribution in [3.05, 3.63) is 76.0 Å². The van der Waals surface area contributed by atoms with Gasteiger partial charge in [0.05, 0.1) is 10.6 Å². The minimum Gasteiger partial charge on any atom is -0.302 e. The molecule has 0 fully saturated rings. The van der Waals surface area contributed by atoms with Gasteiger partial charge in [0, 0.05) is 29.8 Å². The Morgan fingerprint density at radius 1 is 1.06 bits per heavy atom. The molecule has 0 aliphatic heterocycles. The van der Waals surface area contributed by atoms with Crippen molar-refractivity contribution in [3.8, 4) is 0 Å². The minimum absolute atomic E-state index is 0.0175. The number of rotatable bonds is 9. The second-order valence-corrected chi connectivity index (χ2v) is 9.96. The zero-order chi connectivity index (χ0) is 23.3. The maximum absolute atomic E-state index is 13.1. The van der Waals surface area contributed by atoms with Gasteiger partial charge in [0.25, 0.3) is 0 Å². The van der Waals surface area contributed by atoms with Gasteiger partial charge in [-0.05, 0) is 43.7 Å². The maximum Gasteiger partial charge on any atom is 0.240 e. The summed E-state index contributed by atoms with van der Waals surface area (Å²) in [6, 6.07) is 11.8. The number of hydrogen-bond acceptors (Lipinski definition) is 6. The highest BCUT2D eigenvalue weighted by Crippen LogP contribution is 2.25. The van der Waals surface area contributed by atoms with E-state index in [2.05, 4.69) is 15.0 Å². The molecule has 0 atom stereocenters. The summed E-state index contributed by atoms with van der Waals surface area (Å²) in [6.45, 7) is 3.14. The maximum atomic E-state index is 13.1. The van der Waals surface area contributed by atoms with Crippen LogP contribution >= 0.6 is 11.3 Å². The first-order valence-corrected chi connectivity index (χ1v) is 12.1. The molecule has 0 aliphatic rings. The van der Waals surface area contributed by atoms with E-state index in [9.17, 15) is 22.4 Å². The van der Waals surface area contributed by atoms with Gasteiger partial charge in [-0.1, -0.05) is 24.3 Å². The number of ketones is 1. The van der Waals surface area contributed by atoms with Gasteiger partial charge in [-0.15, -0.1) is 11.3 Å². The summed E-state index contributed by atoms with van der Waals surface area (Å²) >= 11 is 1.32. The van der Waals surface area contributed by atoms with Crippen molar-refractivity contribution in [2.24, 2.45) is 0 Å². The van der Waals surface area contributed by atoms with Crippen LogP contribution in [0.5, 0.6) is 0 Å². The average molecular weight is 476 g/mol. The number of nitrogens with zero attached hydrogens (tertiary/aromatic N) is 1. The van der Waals surface area contributed by atoms with E-state index in [0.29, 0.717) is 17.1 Å². The number of anilines is 1. The van der Waals surface area contributed by atoms with E-state index in [0.717, 1.165) is 16.1 Å². The number of sulfonamides is 1. The molecule has 10 heteroatoms. The van der Waals surface area contributed by atoms with Crippen molar-refractivity contribution in [1.29, 1.82) is 0 Å². The molecule has 3 rings (SSSR count). The van der Waals surface area contributed by atoms with Crippen LogP contribution in [0.25, 0.3) is 0 Å². The highest BCUT2D eigenvalue weighted by molar-refractivity contribution is 7.89. The summed E-state index contributed by atoms with van der Waals surface area (Å²) < 4.78 is 40.1. The van der Waals surface area contributed by atoms with Crippen molar-refractivity contribution in [1.82, 2.24) is 9.71 Å².